The van der Waals surface area contributed by atoms with Crippen molar-refractivity contribution in [3.8, 4) is 5.69 Å². The number of allylic oxidation sites excluding steroid dienone is 1. The summed E-state index contributed by atoms with van der Waals surface area (Å²) < 4.78 is 7.07. The van der Waals surface area contributed by atoms with E-state index in [0.717, 1.165) is 16.7 Å². The number of benzene rings is 2. The first kappa shape index (κ1) is 29.1. The monoisotopic (exact) mass is 528 g/mol. The molecule has 204 valence electrons. The molecular weight excluding hydrogens is 492 g/mol. The van der Waals surface area contributed by atoms with E-state index in [1.807, 2.05) is 52.8 Å². The van der Waals surface area contributed by atoms with Gasteiger partial charge in [-0.15, -0.1) is 0 Å². The van der Waals surface area contributed by atoms with Gasteiger partial charge in [-0.3, -0.25) is 24.8 Å². The minimum absolute atomic E-state index is 0.123. The lowest BCUT2D eigenvalue weighted by Gasteiger charge is -2.31. The van der Waals surface area contributed by atoms with Gasteiger partial charge < -0.3 is 9.64 Å². The van der Waals surface area contributed by atoms with Crippen LogP contribution in [0.4, 0.5) is 5.69 Å². The minimum Gasteiger partial charge on any atom is -0.500 e. The number of ether oxygens (including phenoxy) is 1. The van der Waals surface area contributed by atoms with Crippen LogP contribution in [0.25, 0.3) is 17.8 Å². The molecule has 2 N–H and O–H groups in total. The predicted octanol–water partition coefficient (Wildman–Crippen LogP) is 6.00. The number of anilines is 1. The van der Waals surface area contributed by atoms with E-state index in [-0.39, 0.29) is 18.0 Å². The van der Waals surface area contributed by atoms with E-state index in [2.05, 4.69) is 18.6 Å². The van der Waals surface area contributed by atoms with E-state index in [4.69, 9.17) is 9.72 Å². The fourth-order valence-corrected chi connectivity index (χ4v) is 4.40. The summed E-state index contributed by atoms with van der Waals surface area (Å²) in [5.41, 5.74) is 6.60. The van der Waals surface area contributed by atoms with E-state index < -0.39 is 6.04 Å². The molecule has 1 heterocycles. The summed E-state index contributed by atoms with van der Waals surface area (Å²) in [6, 6.07) is 10.2. The van der Waals surface area contributed by atoms with Gasteiger partial charge in [0.15, 0.2) is 0 Å². The highest BCUT2D eigenvalue weighted by Crippen LogP contribution is 2.28. The molecule has 0 radical (unpaired) electrons. The lowest BCUT2D eigenvalue weighted by Crippen LogP contribution is -2.39. The standard InChI is InChI=1S/C31H36N4O4/c1-9-24(39-8)18-34(30(36)23-15-14-20(5)27(17-23)33-38)22(7)29-32-26(11-3)25(10-2)31(37)35(29)28-16-19(4)12-13-21(28)6/h9-17,22,33,38H,2-3,18H2,1,4-8H3/b24-9-. The Labute approximate surface area is 229 Å². The van der Waals surface area contributed by atoms with E-state index >= 15 is 0 Å². The zero-order valence-corrected chi connectivity index (χ0v) is 23.4. The van der Waals surface area contributed by atoms with Gasteiger partial charge in [0.2, 0.25) is 0 Å². The highest BCUT2D eigenvalue weighted by molar-refractivity contribution is 5.95. The van der Waals surface area contributed by atoms with E-state index in [1.165, 1.54) is 12.2 Å². The van der Waals surface area contributed by atoms with Crippen LogP contribution in [0.5, 0.6) is 0 Å². The molecule has 0 aliphatic carbocycles. The lowest BCUT2D eigenvalue weighted by molar-refractivity contribution is 0.0667. The van der Waals surface area contributed by atoms with Gasteiger partial charge in [0.05, 0.1) is 42.3 Å². The Morgan fingerprint density at radius 2 is 1.85 bits per heavy atom. The maximum atomic E-state index is 14.0. The van der Waals surface area contributed by atoms with Crippen molar-refractivity contribution in [3.05, 3.63) is 111 Å². The average molecular weight is 529 g/mol. The molecule has 1 aromatic heterocycles. The summed E-state index contributed by atoms with van der Waals surface area (Å²) in [6.07, 6.45) is 4.77. The van der Waals surface area contributed by atoms with Crippen LogP contribution in [0.15, 0.2) is 66.2 Å². The molecule has 1 amide bonds. The van der Waals surface area contributed by atoms with Crippen LogP contribution in [0, 0.1) is 20.8 Å². The lowest BCUT2D eigenvalue weighted by atomic mass is 10.1. The van der Waals surface area contributed by atoms with Gasteiger partial charge in [0, 0.05) is 5.56 Å². The molecule has 0 aliphatic heterocycles. The van der Waals surface area contributed by atoms with Crippen LogP contribution >= 0.6 is 0 Å². The van der Waals surface area contributed by atoms with Crippen molar-refractivity contribution >= 4 is 23.7 Å². The fourth-order valence-electron chi connectivity index (χ4n) is 4.40. The molecule has 0 spiro atoms. The number of carbonyl (C=O) groups excluding carboxylic acids is 1. The Kier molecular flexibility index (Phi) is 9.27. The topological polar surface area (TPSA) is 96.7 Å². The molecule has 1 unspecified atom stereocenters. The van der Waals surface area contributed by atoms with Crippen LogP contribution < -0.4 is 11.0 Å². The van der Waals surface area contributed by atoms with Crippen LogP contribution in [-0.2, 0) is 4.74 Å². The highest BCUT2D eigenvalue weighted by atomic mass is 16.5. The number of nitrogens with one attached hydrogen (secondary N) is 1. The second kappa shape index (κ2) is 12.4. The summed E-state index contributed by atoms with van der Waals surface area (Å²) in [6.45, 7) is 17.1. The summed E-state index contributed by atoms with van der Waals surface area (Å²) >= 11 is 0. The zero-order valence-electron chi connectivity index (χ0n) is 23.4. The molecule has 3 aromatic rings. The Bertz CT molecular complexity index is 1500. The van der Waals surface area contributed by atoms with Gasteiger partial charge in [-0.05, 0) is 81.7 Å². The van der Waals surface area contributed by atoms with Crippen LogP contribution in [0.3, 0.4) is 0 Å². The molecule has 0 fully saturated rings. The molecule has 3 rings (SSSR count). The van der Waals surface area contributed by atoms with Gasteiger partial charge >= 0.3 is 0 Å². The molecule has 0 saturated carbocycles. The summed E-state index contributed by atoms with van der Waals surface area (Å²) in [5.74, 6) is 0.599. The van der Waals surface area contributed by atoms with Gasteiger partial charge in [0.1, 0.15) is 11.6 Å². The number of hydrogen-bond acceptors (Lipinski definition) is 6. The van der Waals surface area contributed by atoms with Crippen molar-refractivity contribution in [2.45, 2.75) is 40.7 Å². The molecule has 1 atom stereocenters. The first-order valence-electron chi connectivity index (χ1n) is 12.6. The Balaban J connectivity index is 2.33. The normalized spacial score (nSPS) is 12.0. The average Bonchev–Trinajstić information content (AvgIpc) is 2.94. The quantitative estimate of drug-likeness (QED) is 0.248. The van der Waals surface area contributed by atoms with E-state index in [1.54, 1.807) is 40.9 Å². The minimum atomic E-state index is -0.681. The number of aromatic nitrogens is 2. The molecule has 39 heavy (non-hydrogen) atoms. The van der Waals surface area contributed by atoms with Crippen molar-refractivity contribution < 1.29 is 14.7 Å². The third-order valence-corrected chi connectivity index (χ3v) is 6.79. The van der Waals surface area contributed by atoms with E-state index in [9.17, 15) is 14.8 Å². The zero-order chi connectivity index (χ0) is 28.9. The van der Waals surface area contributed by atoms with Gasteiger partial charge in [-0.1, -0.05) is 37.4 Å². The van der Waals surface area contributed by atoms with Gasteiger partial charge in [0.25, 0.3) is 11.5 Å². The van der Waals surface area contributed by atoms with Crippen molar-refractivity contribution in [2.75, 3.05) is 19.1 Å². The Hall–Kier alpha value is -4.43. The van der Waals surface area contributed by atoms with Crippen LogP contribution in [0.1, 0.15) is 64.0 Å². The maximum Gasteiger partial charge on any atom is 0.266 e. The molecule has 8 heteroatoms. The third kappa shape index (κ3) is 5.86. The Morgan fingerprint density at radius 1 is 1.15 bits per heavy atom. The third-order valence-electron chi connectivity index (χ3n) is 6.79. The maximum absolute atomic E-state index is 14.0. The van der Waals surface area contributed by atoms with Crippen LogP contribution in [0.2, 0.25) is 0 Å². The van der Waals surface area contributed by atoms with Crippen molar-refractivity contribution in [1.29, 1.82) is 0 Å². The molecule has 0 saturated heterocycles. The van der Waals surface area contributed by atoms with Gasteiger partial charge in [-0.2, -0.15) is 0 Å². The second-order valence-corrected chi connectivity index (χ2v) is 9.32. The number of nitrogens with zero attached hydrogens (tertiary/aromatic N) is 3. The van der Waals surface area contributed by atoms with Crippen molar-refractivity contribution in [2.24, 2.45) is 0 Å². The molecule has 2 aromatic carbocycles. The number of carbonyl (C=O) groups is 1. The van der Waals surface area contributed by atoms with E-state index in [0.29, 0.717) is 39.8 Å². The predicted molar refractivity (Wildman–Crippen MR) is 156 cm³/mol. The molecule has 8 nitrogen and oxygen atoms in total. The number of aryl methyl sites for hydroxylation is 3. The number of hydrogen-bond donors (Lipinski definition) is 2. The molecular formula is C31H36N4O4. The first-order valence-corrected chi connectivity index (χ1v) is 12.6. The first-order chi connectivity index (χ1) is 18.6. The summed E-state index contributed by atoms with van der Waals surface area (Å²) in [5, 5.41) is 9.55. The SMILES string of the molecule is C=Cc1nc(C(C)N(C/C(=C/C)OC)C(=O)c2ccc(C)c(NO)c2)n(-c2cc(C)ccc2C)c(=O)c1C=C. The van der Waals surface area contributed by atoms with Crippen LogP contribution in [-0.4, -0.2) is 39.2 Å². The van der Waals surface area contributed by atoms with Gasteiger partial charge in [-0.25, -0.2) is 4.98 Å². The Morgan fingerprint density at radius 3 is 2.44 bits per heavy atom. The number of rotatable bonds is 10. The molecule has 0 bridgehead atoms. The number of methoxy groups -OCH3 is 1. The second-order valence-electron chi connectivity index (χ2n) is 9.32. The van der Waals surface area contributed by atoms with Crippen molar-refractivity contribution in [1.82, 2.24) is 14.5 Å². The highest BCUT2D eigenvalue weighted by Gasteiger charge is 2.30. The number of amides is 1. The van der Waals surface area contributed by atoms with Crippen molar-refractivity contribution in [3.63, 3.8) is 0 Å². The largest absolute Gasteiger partial charge is 0.500 e. The molecule has 0 aliphatic rings. The summed E-state index contributed by atoms with van der Waals surface area (Å²) in [4.78, 5) is 34.4. The summed E-state index contributed by atoms with van der Waals surface area (Å²) in [7, 11) is 1.54. The fraction of sp³-hybridized carbons (Fsp3) is 0.258. The smallest absolute Gasteiger partial charge is 0.266 e.